The number of sulfonamides is 1. The Morgan fingerprint density at radius 3 is 2.56 bits per heavy atom. The van der Waals surface area contributed by atoms with E-state index in [4.69, 9.17) is 4.98 Å². The first-order valence-corrected chi connectivity index (χ1v) is 15.6. The SMILES string of the molecule is Cc1nn(C)cc1S(=O)(=O)Nc1nc(-c2ccccc2C(C)C)c(-c2cccc([C@H]3CC[C@H](OC(F)(F)F)C3)c2)s1. The molecule has 12 heteroatoms. The van der Waals surface area contributed by atoms with Crippen molar-refractivity contribution in [3.8, 4) is 21.7 Å². The van der Waals surface area contributed by atoms with Gasteiger partial charge >= 0.3 is 6.36 Å². The molecular weight excluding hydrogens is 573 g/mol. The fourth-order valence-electron chi connectivity index (χ4n) is 5.44. The van der Waals surface area contributed by atoms with E-state index in [1.807, 2.05) is 48.5 Å². The van der Waals surface area contributed by atoms with Gasteiger partial charge in [0.2, 0.25) is 0 Å². The Kier molecular flexibility index (Phi) is 8.01. The number of hydrogen-bond donors (Lipinski definition) is 1. The molecule has 4 aromatic rings. The summed E-state index contributed by atoms with van der Waals surface area (Å²) in [6, 6.07) is 15.6. The molecule has 0 spiro atoms. The van der Waals surface area contributed by atoms with Crippen LogP contribution in [-0.2, 0) is 21.8 Å². The number of nitrogens with zero attached hydrogens (tertiary/aromatic N) is 3. The Labute approximate surface area is 241 Å². The molecule has 1 aliphatic rings. The van der Waals surface area contributed by atoms with Crippen LogP contribution in [0.4, 0.5) is 18.3 Å². The van der Waals surface area contributed by atoms with E-state index in [2.05, 4.69) is 28.4 Å². The summed E-state index contributed by atoms with van der Waals surface area (Å²) in [7, 11) is -2.30. The van der Waals surface area contributed by atoms with E-state index < -0.39 is 22.5 Å². The third-order valence-corrected chi connectivity index (χ3v) is 9.84. The molecule has 5 rings (SSSR count). The van der Waals surface area contributed by atoms with Gasteiger partial charge in [0.25, 0.3) is 10.0 Å². The van der Waals surface area contributed by atoms with Gasteiger partial charge in [-0.2, -0.15) is 5.10 Å². The first kappa shape index (κ1) is 29.3. The molecule has 1 fully saturated rings. The number of ether oxygens (including phenoxy) is 1. The Balaban J connectivity index is 1.55. The minimum Gasteiger partial charge on any atom is -0.289 e. The van der Waals surface area contributed by atoms with E-state index in [0.717, 1.165) is 27.1 Å². The standard InChI is InChI=1S/C29H31F3N4O3S2/c1-17(2)23-10-5-6-11-24(23)26-27(40-28(33-26)35-41(37,38)25-16-36(4)34-18(25)3)21-9-7-8-19(14-21)20-12-13-22(15-20)39-29(30,31)32/h5-11,14,16-17,20,22H,12-13,15H2,1-4H3,(H,33,35)/t20-,22-/m0/s1. The lowest BCUT2D eigenvalue weighted by Crippen LogP contribution is -2.21. The van der Waals surface area contributed by atoms with Gasteiger partial charge in [-0.15, -0.1) is 13.2 Å². The number of nitrogens with one attached hydrogen (secondary N) is 1. The minimum absolute atomic E-state index is 0.0692. The van der Waals surface area contributed by atoms with Crippen molar-refractivity contribution in [1.82, 2.24) is 14.8 Å². The fourth-order valence-corrected chi connectivity index (χ4v) is 7.87. The summed E-state index contributed by atoms with van der Waals surface area (Å²) in [4.78, 5) is 5.62. The highest BCUT2D eigenvalue weighted by molar-refractivity contribution is 7.93. The zero-order chi connectivity index (χ0) is 29.5. The van der Waals surface area contributed by atoms with E-state index in [1.165, 1.54) is 22.2 Å². The molecule has 218 valence electrons. The molecule has 7 nitrogen and oxygen atoms in total. The van der Waals surface area contributed by atoms with Crippen molar-refractivity contribution in [2.75, 3.05) is 4.72 Å². The smallest absolute Gasteiger partial charge is 0.289 e. The van der Waals surface area contributed by atoms with Gasteiger partial charge in [0.1, 0.15) is 4.90 Å². The van der Waals surface area contributed by atoms with Gasteiger partial charge in [-0.05, 0) is 60.8 Å². The van der Waals surface area contributed by atoms with Crippen LogP contribution in [-0.4, -0.2) is 35.6 Å². The van der Waals surface area contributed by atoms with E-state index in [1.54, 1.807) is 14.0 Å². The second-order valence-electron chi connectivity index (χ2n) is 10.6. The number of aromatic nitrogens is 3. The molecule has 1 saturated carbocycles. The van der Waals surface area contributed by atoms with Gasteiger partial charge in [-0.25, -0.2) is 13.4 Å². The van der Waals surface area contributed by atoms with Crippen molar-refractivity contribution in [3.63, 3.8) is 0 Å². The van der Waals surface area contributed by atoms with Gasteiger partial charge in [-0.1, -0.05) is 67.6 Å². The van der Waals surface area contributed by atoms with Gasteiger partial charge in [0.05, 0.1) is 22.4 Å². The quantitative estimate of drug-likeness (QED) is 0.224. The maximum Gasteiger partial charge on any atom is 0.522 e. The monoisotopic (exact) mass is 604 g/mol. The summed E-state index contributed by atoms with van der Waals surface area (Å²) < 4.78 is 73.3. The zero-order valence-corrected chi connectivity index (χ0v) is 24.7. The number of benzene rings is 2. The summed E-state index contributed by atoms with van der Waals surface area (Å²) in [5.41, 5.74) is 4.70. The molecule has 1 N–H and O–H groups in total. The van der Waals surface area contributed by atoms with Crippen LogP contribution in [0.25, 0.3) is 21.7 Å². The zero-order valence-electron chi connectivity index (χ0n) is 23.1. The first-order valence-electron chi connectivity index (χ1n) is 13.3. The van der Waals surface area contributed by atoms with Crippen molar-refractivity contribution in [1.29, 1.82) is 0 Å². The summed E-state index contributed by atoms with van der Waals surface area (Å²) in [5, 5.41) is 4.36. The van der Waals surface area contributed by atoms with Crippen LogP contribution in [0.5, 0.6) is 0 Å². The molecule has 0 aliphatic heterocycles. The molecule has 2 aromatic carbocycles. The maximum atomic E-state index is 13.3. The number of thiazole rings is 1. The van der Waals surface area contributed by atoms with Crippen molar-refractivity contribution < 1.29 is 26.3 Å². The Hall–Kier alpha value is -3.22. The predicted octanol–water partition coefficient (Wildman–Crippen LogP) is 7.62. The molecule has 1 aliphatic carbocycles. The lowest BCUT2D eigenvalue weighted by atomic mass is 9.92. The average Bonchev–Trinajstić information content (AvgIpc) is 3.61. The maximum absolute atomic E-state index is 13.3. The van der Waals surface area contributed by atoms with Gasteiger partial charge in [-0.3, -0.25) is 14.1 Å². The van der Waals surface area contributed by atoms with E-state index in [0.29, 0.717) is 24.2 Å². The fraction of sp³-hybridized carbons (Fsp3) is 0.379. The summed E-state index contributed by atoms with van der Waals surface area (Å²) in [6.45, 7) is 5.80. The number of aryl methyl sites for hydroxylation is 2. The second-order valence-corrected chi connectivity index (χ2v) is 13.3. The molecule has 0 saturated heterocycles. The molecule has 2 aromatic heterocycles. The molecule has 0 amide bonds. The van der Waals surface area contributed by atoms with Crippen molar-refractivity contribution in [2.45, 2.75) is 69.2 Å². The van der Waals surface area contributed by atoms with Gasteiger partial charge in [0, 0.05) is 18.8 Å². The van der Waals surface area contributed by atoms with Crippen molar-refractivity contribution in [2.24, 2.45) is 7.05 Å². The Bertz CT molecular complexity index is 1660. The first-order chi connectivity index (χ1) is 19.3. The third-order valence-electron chi connectivity index (χ3n) is 7.25. The van der Waals surface area contributed by atoms with E-state index >= 15 is 0 Å². The summed E-state index contributed by atoms with van der Waals surface area (Å²) in [6.07, 6.45) is -2.86. The van der Waals surface area contributed by atoms with Crippen LogP contribution in [0, 0.1) is 6.92 Å². The van der Waals surface area contributed by atoms with Crippen LogP contribution in [0.3, 0.4) is 0 Å². The Morgan fingerprint density at radius 1 is 1.12 bits per heavy atom. The Morgan fingerprint density at radius 2 is 1.88 bits per heavy atom. The van der Waals surface area contributed by atoms with Crippen LogP contribution in [0.1, 0.15) is 61.8 Å². The molecule has 0 radical (unpaired) electrons. The van der Waals surface area contributed by atoms with Crippen molar-refractivity contribution >= 4 is 26.5 Å². The molecule has 2 heterocycles. The number of rotatable bonds is 8. The number of hydrogen-bond acceptors (Lipinski definition) is 6. The van der Waals surface area contributed by atoms with Crippen LogP contribution < -0.4 is 4.72 Å². The lowest BCUT2D eigenvalue weighted by molar-refractivity contribution is -0.341. The van der Waals surface area contributed by atoms with Gasteiger partial charge < -0.3 is 0 Å². The van der Waals surface area contributed by atoms with Gasteiger partial charge in [0.15, 0.2) is 5.13 Å². The minimum atomic E-state index is -4.65. The highest BCUT2D eigenvalue weighted by Crippen LogP contribution is 2.44. The van der Waals surface area contributed by atoms with Crippen LogP contribution in [0.2, 0.25) is 0 Å². The topological polar surface area (TPSA) is 86.1 Å². The number of alkyl halides is 3. The number of halogens is 3. The second kappa shape index (κ2) is 11.2. The van der Waals surface area contributed by atoms with E-state index in [9.17, 15) is 21.6 Å². The highest BCUT2D eigenvalue weighted by atomic mass is 32.2. The lowest BCUT2D eigenvalue weighted by Gasteiger charge is -2.15. The van der Waals surface area contributed by atoms with Crippen LogP contribution in [0.15, 0.2) is 59.6 Å². The van der Waals surface area contributed by atoms with Crippen molar-refractivity contribution in [3.05, 3.63) is 71.5 Å². The average molecular weight is 605 g/mol. The predicted molar refractivity (Wildman–Crippen MR) is 153 cm³/mol. The summed E-state index contributed by atoms with van der Waals surface area (Å²) in [5.74, 6) is 0.113. The highest BCUT2D eigenvalue weighted by Gasteiger charge is 2.37. The third kappa shape index (κ3) is 6.49. The van der Waals surface area contributed by atoms with E-state index in [-0.39, 0.29) is 28.3 Å². The molecule has 41 heavy (non-hydrogen) atoms. The molecular formula is C29H31F3N4O3S2. The summed E-state index contributed by atoms with van der Waals surface area (Å²) >= 11 is 1.22. The molecule has 0 bridgehead atoms. The van der Waals surface area contributed by atoms with Crippen LogP contribution >= 0.6 is 11.3 Å². The molecule has 2 atom stereocenters. The largest absolute Gasteiger partial charge is 0.522 e. The molecule has 0 unspecified atom stereocenters. The number of anilines is 1. The normalized spacial score (nSPS) is 17.9.